The predicted octanol–water partition coefficient (Wildman–Crippen LogP) is 5.98. The van der Waals surface area contributed by atoms with Gasteiger partial charge in [0.2, 0.25) is 0 Å². The van der Waals surface area contributed by atoms with Crippen LogP contribution in [0.15, 0.2) is 91.3 Å². The van der Waals surface area contributed by atoms with Crippen LogP contribution in [0, 0.1) is 0 Å². The maximum absolute atomic E-state index is 13.7. The van der Waals surface area contributed by atoms with Crippen LogP contribution in [0.25, 0.3) is 0 Å². The summed E-state index contributed by atoms with van der Waals surface area (Å²) in [5.41, 5.74) is 3.65. The molecule has 1 aliphatic rings. The Balaban J connectivity index is 1.48. The van der Waals surface area contributed by atoms with Crippen LogP contribution in [0.5, 0.6) is 0 Å². The first-order chi connectivity index (χ1) is 16.0. The second-order valence-electron chi connectivity index (χ2n) is 9.29. The van der Waals surface area contributed by atoms with E-state index < -0.39 is 0 Å². The Morgan fingerprint density at radius 1 is 1.00 bits per heavy atom. The molecule has 0 aliphatic carbocycles. The van der Waals surface area contributed by atoms with Crippen LogP contribution in [-0.4, -0.2) is 20.5 Å². The third-order valence-electron chi connectivity index (χ3n) is 6.50. The van der Waals surface area contributed by atoms with Crippen molar-refractivity contribution in [3.05, 3.63) is 114 Å². The van der Waals surface area contributed by atoms with Gasteiger partial charge in [-0.3, -0.25) is 9.78 Å². The van der Waals surface area contributed by atoms with E-state index in [-0.39, 0.29) is 23.3 Å². The third-order valence-corrected chi connectivity index (χ3v) is 6.50. The number of hydrogen-bond donors (Lipinski definition) is 1. The molecule has 0 bridgehead atoms. The molecule has 33 heavy (non-hydrogen) atoms. The van der Waals surface area contributed by atoms with E-state index in [0.29, 0.717) is 12.0 Å². The smallest absolute Gasteiger partial charge is 0.169 e. The van der Waals surface area contributed by atoms with E-state index in [0.717, 1.165) is 29.1 Å². The molecule has 166 valence electrons. The van der Waals surface area contributed by atoms with Crippen molar-refractivity contribution in [3.63, 3.8) is 0 Å². The molecule has 1 aliphatic heterocycles. The van der Waals surface area contributed by atoms with Gasteiger partial charge in [0.15, 0.2) is 5.78 Å². The Bertz CT molecular complexity index is 1190. The first-order valence-electron chi connectivity index (χ1n) is 11.4. The summed E-state index contributed by atoms with van der Waals surface area (Å²) < 4.78 is 1.96. The van der Waals surface area contributed by atoms with Gasteiger partial charge in [0.25, 0.3) is 0 Å². The molecule has 0 spiro atoms. The molecule has 4 aromatic rings. The summed E-state index contributed by atoms with van der Waals surface area (Å²) in [6.07, 6.45) is 4.75. The minimum atomic E-state index is -0.237. The fourth-order valence-electron chi connectivity index (χ4n) is 4.81. The Labute approximate surface area is 194 Å². The predicted molar refractivity (Wildman–Crippen MR) is 130 cm³/mol. The zero-order chi connectivity index (χ0) is 22.8. The summed E-state index contributed by atoms with van der Waals surface area (Å²) in [5, 5.41) is 8.19. The second-order valence-corrected chi connectivity index (χ2v) is 9.29. The molecule has 1 N–H and O–H groups in total. The summed E-state index contributed by atoms with van der Waals surface area (Å²) in [6, 6.07) is 26.5. The third kappa shape index (κ3) is 4.19. The zero-order valence-electron chi connectivity index (χ0n) is 19.0. The number of nitrogens with one attached hydrogen (secondary N) is 1. The molecule has 1 atom stereocenters. The van der Waals surface area contributed by atoms with Crippen LogP contribution in [-0.2, 0) is 5.54 Å². The maximum atomic E-state index is 13.7. The molecule has 0 saturated heterocycles. The van der Waals surface area contributed by atoms with Crippen LogP contribution in [0.3, 0.4) is 0 Å². The quantitative estimate of drug-likeness (QED) is 0.378. The Morgan fingerprint density at radius 3 is 2.24 bits per heavy atom. The number of hydrogen-bond acceptors (Lipinski definition) is 4. The van der Waals surface area contributed by atoms with E-state index in [2.05, 4.69) is 53.5 Å². The van der Waals surface area contributed by atoms with Gasteiger partial charge >= 0.3 is 0 Å². The van der Waals surface area contributed by atoms with Crippen molar-refractivity contribution in [3.8, 4) is 0 Å². The van der Waals surface area contributed by atoms with Gasteiger partial charge in [-0.15, -0.1) is 0 Å². The molecule has 5 nitrogen and oxygen atoms in total. The number of ketones is 1. The number of rotatable bonds is 6. The molecule has 5 heteroatoms. The van der Waals surface area contributed by atoms with E-state index in [1.165, 1.54) is 0 Å². The highest BCUT2D eigenvalue weighted by Gasteiger charge is 2.37. The number of Topliss-reactive ketones (excluding diaryl/α,β-unsaturated/α-hetero) is 1. The summed E-state index contributed by atoms with van der Waals surface area (Å²) >= 11 is 0. The number of aromatic nitrogens is 3. The molecule has 3 heterocycles. The number of nitrogens with zero attached hydrogens (tertiary/aromatic N) is 3. The van der Waals surface area contributed by atoms with Crippen LogP contribution in [0.4, 0.5) is 5.82 Å². The van der Waals surface area contributed by atoms with Gasteiger partial charge < -0.3 is 5.32 Å². The first-order valence-corrected chi connectivity index (χ1v) is 11.4. The Morgan fingerprint density at radius 2 is 1.64 bits per heavy atom. The number of carbonyl (C=O) groups excluding carboxylic acids is 1. The van der Waals surface area contributed by atoms with Crippen LogP contribution >= 0.6 is 0 Å². The molecule has 0 amide bonds. The zero-order valence-corrected chi connectivity index (χ0v) is 19.0. The fourth-order valence-corrected chi connectivity index (χ4v) is 4.81. The van der Waals surface area contributed by atoms with Gasteiger partial charge in [0, 0.05) is 18.5 Å². The molecule has 5 rings (SSSR count). The molecule has 1 unspecified atom stereocenters. The highest BCUT2D eigenvalue weighted by molar-refractivity contribution is 6.01. The Hall–Kier alpha value is -3.73. The van der Waals surface area contributed by atoms with Crippen molar-refractivity contribution in [1.29, 1.82) is 0 Å². The number of fused-ring (bicyclic) bond motifs is 1. The summed E-state index contributed by atoms with van der Waals surface area (Å²) in [4.78, 5) is 18.2. The molecular formula is C28H28N4O. The van der Waals surface area contributed by atoms with E-state index in [1.807, 2.05) is 65.5 Å². The summed E-state index contributed by atoms with van der Waals surface area (Å²) in [6.45, 7) is 4.32. The minimum absolute atomic E-state index is 0.0152. The van der Waals surface area contributed by atoms with Crippen molar-refractivity contribution in [2.75, 3.05) is 5.32 Å². The van der Waals surface area contributed by atoms with Gasteiger partial charge in [-0.2, -0.15) is 5.10 Å². The fraction of sp³-hybridized carbons (Fsp3) is 0.250. The molecule has 0 saturated carbocycles. The van der Waals surface area contributed by atoms with Gasteiger partial charge in [0.05, 0.1) is 29.0 Å². The van der Waals surface area contributed by atoms with Gasteiger partial charge in [-0.05, 0) is 43.5 Å². The number of benzene rings is 2. The van der Waals surface area contributed by atoms with E-state index in [9.17, 15) is 4.79 Å². The van der Waals surface area contributed by atoms with Crippen LogP contribution < -0.4 is 5.32 Å². The van der Waals surface area contributed by atoms with Crippen molar-refractivity contribution < 1.29 is 4.79 Å². The normalized spacial score (nSPS) is 16.8. The molecule has 2 aromatic carbocycles. The lowest BCUT2D eigenvalue weighted by molar-refractivity contribution is 0.0978. The van der Waals surface area contributed by atoms with Crippen molar-refractivity contribution in [2.24, 2.45) is 0 Å². The standard InChI is InChI=1S/C28H28N4O/c1-28(2)18-25(24-15-9-10-16-29-24)31-27-23(19-30-32(27)28)26(33)17-22(20-11-5-3-6-12-20)21-13-7-4-8-14-21/h3-16,19,22,25,31H,17-18H2,1-2H3. The van der Waals surface area contributed by atoms with Crippen LogP contribution in [0.1, 0.15) is 65.8 Å². The minimum Gasteiger partial charge on any atom is -0.361 e. The summed E-state index contributed by atoms with van der Waals surface area (Å²) in [7, 11) is 0. The van der Waals surface area contributed by atoms with Gasteiger partial charge in [-0.25, -0.2) is 4.68 Å². The first kappa shape index (κ1) is 21.1. The molecular weight excluding hydrogens is 408 g/mol. The highest BCUT2D eigenvalue weighted by atomic mass is 16.1. The van der Waals surface area contributed by atoms with Crippen molar-refractivity contribution in [1.82, 2.24) is 14.8 Å². The van der Waals surface area contributed by atoms with Gasteiger partial charge in [-0.1, -0.05) is 66.7 Å². The van der Waals surface area contributed by atoms with E-state index in [4.69, 9.17) is 0 Å². The average molecular weight is 437 g/mol. The number of carbonyl (C=O) groups is 1. The van der Waals surface area contributed by atoms with Crippen molar-refractivity contribution >= 4 is 11.6 Å². The lowest BCUT2D eigenvalue weighted by Gasteiger charge is -2.38. The maximum Gasteiger partial charge on any atom is 0.169 e. The van der Waals surface area contributed by atoms with E-state index in [1.54, 1.807) is 6.20 Å². The number of anilines is 1. The van der Waals surface area contributed by atoms with Gasteiger partial charge in [0.1, 0.15) is 5.82 Å². The Kier molecular flexibility index (Phi) is 5.55. The lowest BCUT2D eigenvalue weighted by Crippen LogP contribution is -2.38. The van der Waals surface area contributed by atoms with Crippen LogP contribution in [0.2, 0.25) is 0 Å². The molecule has 0 radical (unpaired) electrons. The highest BCUT2D eigenvalue weighted by Crippen LogP contribution is 2.40. The molecule has 2 aromatic heterocycles. The monoisotopic (exact) mass is 436 g/mol. The largest absolute Gasteiger partial charge is 0.361 e. The number of pyridine rings is 1. The lowest BCUT2D eigenvalue weighted by atomic mass is 9.85. The summed E-state index contributed by atoms with van der Waals surface area (Å²) in [5.74, 6) is 0.851. The second kappa shape index (κ2) is 8.66. The molecule has 0 fully saturated rings. The van der Waals surface area contributed by atoms with E-state index >= 15 is 0 Å². The average Bonchev–Trinajstić information content (AvgIpc) is 3.29. The van der Waals surface area contributed by atoms with Crippen molar-refractivity contribution in [2.45, 2.75) is 44.2 Å². The topological polar surface area (TPSA) is 59.8 Å². The SMILES string of the molecule is CC1(C)CC(c2ccccn2)Nc2c(C(=O)CC(c3ccccc3)c3ccccc3)cnn21.